The zero-order valence-electron chi connectivity index (χ0n) is 11.4. The summed E-state index contributed by atoms with van der Waals surface area (Å²) in [6.07, 6.45) is 0.835. The lowest BCUT2D eigenvalue weighted by Crippen LogP contribution is -2.38. The Bertz CT molecular complexity index is 504. The van der Waals surface area contributed by atoms with Gasteiger partial charge in [0.1, 0.15) is 0 Å². The molecule has 0 bridgehead atoms. The highest BCUT2D eigenvalue weighted by atomic mass is 16.2. The molecule has 1 fully saturated rings. The lowest BCUT2D eigenvalue weighted by atomic mass is 10.1. The summed E-state index contributed by atoms with van der Waals surface area (Å²) in [6, 6.07) is 6.99. The smallest absolute Gasteiger partial charge is 0.253 e. The highest BCUT2D eigenvalue weighted by molar-refractivity contribution is 5.95. The molecule has 1 aliphatic heterocycles. The average molecular weight is 276 g/mol. The molecule has 0 unspecified atom stereocenters. The SMILES string of the molecule is NC(=O)CN1CCCN(C(=O)c2cccc(N)c2)CC1. The van der Waals surface area contributed by atoms with Crippen LogP contribution in [0, 0.1) is 0 Å². The molecular formula is C14H20N4O2. The summed E-state index contributed by atoms with van der Waals surface area (Å²) in [6.45, 7) is 2.98. The van der Waals surface area contributed by atoms with Crippen molar-refractivity contribution < 1.29 is 9.59 Å². The lowest BCUT2D eigenvalue weighted by molar-refractivity contribution is -0.119. The van der Waals surface area contributed by atoms with Crippen molar-refractivity contribution in [2.75, 3.05) is 38.5 Å². The van der Waals surface area contributed by atoms with Gasteiger partial charge in [0.05, 0.1) is 6.54 Å². The number of nitrogen functional groups attached to an aromatic ring is 1. The Labute approximate surface area is 118 Å². The Balaban J connectivity index is 1.99. The predicted octanol–water partition coefficient (Wildman–Crippen LogP) is -0.0980. The fourth-order valence-electron chi connectivity index (χ4n) is 2.41. The maximum atomic E-state index is 12.4. The summed E-state index contributed by atoms with van der Waals surface area (Å²) < 4.78 is 0. The van der Waals surface area contributed by atoms with Gasteiger partial charge in [-0.1, -0.05) is 6.07 Å². The molecule has 108 valence electrons. The molecule has 20 heavy (non-hydrogen) atoms. The number of rotatable bonds is 3. The van der Waals surface area contributed by atoms with Crippen molar-refractivity contribution in [3.05, 3.63) is 29.8 Å². The predicted molar refractivity (Wildman–Crippen MR) is 77.0 cm³/mol. The van der Waals surface area contributed by atoms with Gasteiger partial charge in [-0.15, -0.1) is 0 Å². The van der Waals surface area contributed by atoms with Gasteiger partial charge in [0.25, 0.3) is 5.91 Å². The van der Waals surface area contributed by atoms with E-state index in [2.05, 4.69) is 0 Å². The van der Waals surface area contributed by atoms with Gasteiger partial charge in [-0.3, -0.25) is 14.5 Å². The second-order valence-corrected chi connectivity index (χ2v) is 5.01. The molecule has 1 aromatic carbocycles. The second-order valence-electron chi connectivity index (χ2n) is 5.01. The minimum atomic E-state index is -0.333. The van der Waals surface area contributed by atoms with E-state index >= 15 is 0 Å². The third-order valence-electron chi connectivity index (χ3n) is 3.39. The van der Waals surface area contributed by atoms with Gasteiger partial charge in [-0.2, -0.15) is 0 Å². The zero-order chi connectivity index (χ0) is 14.5. The van der Waals surface area contributed by atoms with Crippen LogP contribution in [0.2, 0.25) is 0 Å². The molecule has 1 heterocycles. The monoisotopic (exact) mass is 276 g/mol. The first-order chi connectivity index (χ1) is 9.56. The lowest BCUT2D eigenvalue weighted by Gasteiger charge is -2.21. The molecule has 0 saturated carbocycles. The molecule has 0 atom stereocenters. The van der Waals surface area contributed by atoms with E-state index in [0.717, 1.165) is 13.0 Å². The number of carbonyl (C=O) groups excluding carboxylic acids is 2. The Morgan fingerprint density at radius 1 is 1.15 bits per heavy atom. The molecule has 6 nitrogen and oxygen atoms in total. The molecule has 6 heteroatoms. The largest absolute Gasteiger partial charge is 0.399 e. The molecule has 0 aliphatic carbocycles. The van der Waals surface area contributed by atoms with E-state index in [4.69, 9.17) is 11.5 Å². The number of anilines is 1. The highest BCUT2D eigenvalue weighted by Gasteiger charge is 2.20. The van der Waals surface area contributed by atoms with Crippen molar-refractivity contribution in [3.63, 3.8) is 0 Å². The van der Waals surface area contributed by atoms with Crippen LogP contribution in [-0.4, -0.2) is 54.3 Å². The first-order valence-electron chi connectivity index (χ1n) is 6.72. The van der Waals surface area contributed by atoms with E-state index in [0.29, 0.717) is 30.9 Å². The van der Waals surface area contributed by atoms with Crippen LogP contribution in [0.25, 0.3) is 0 Å². The maximum Gasteiger partial charge on any atom is 0.253 e. The van der Waals surface area contributed by atoms with E-state index in [9.17, 15) is 9.59 Å². The zero-order valence-corrected chi connectivity index (χ0v) is 11.4. The molecule has 1 aliphatic rings. The van der Waals surface area contributed by atoms with Gasteiger partial charge >= 0.3 is 0 Å². The number of primary amides is 1. The summed E-state index contributed by atoms with van der Waals surface area (Å²) >= 11 is 0. The number of hydrogen-bond acceptors (Lipinski definition) is 4. The molecule has 0 spiro atoms. The minimum Gasteiger partial charge on any atom is -0.399 e. The number of nitrogens with two attached hydrogens (primary N) is 2. The molecule has 2 amide bonds. The Kier molecular flexibility index (Phi) is 4.57. The molecule has 0 radical (unpaired) electrons. The van der Waals surface area contributed by atoms with E-state index in [-0.39, 0.29) is 18.4 Å². The summed E-state index contributed by atoms with van der Waals surface area (Å²) in [7, 11) is 0. The van der Waals surface area contributed by atoms with Gasteiger partial charge in [-0.25, -0.2) is 0 Å². The molecule has 2 rings (SSSR count). The summed E-state index contributed by atoms with van der Waals surface area (Å²) in [4.78, 5) is 27.1. The van der Waals surface area contributed by atoms with Crippen molar-refractivity contribution in [2.45, 2.75) is 6.42 Å². The van der Waals surface area contributed by atoms with Gasteiger partial charge in [0, 0.05) is 37.4 Å². The highest BCUT2D eigenvalue weighted by Crippen LogP contribution is 2.12. The summed E-state index contributed by atoms with van der Waals surface area (Å²) in [5.74, 6) is -0.348. The van der Waals surface area contributed by atoms with Crippen molar-refractivity contribution in [2.24, 2.45) is 5.73 Å². The number of amides is 2. The van der Waals surface area contributed by atoms with Crippen molar-refractivity contribution >= 4 is 17.5 Å². The van der Waals surface area contributed by atoms with Crippen LogP contribution in [0.5, 0.6) is 0 Å². The van der Waals surface area contributed by atoms with Crippen LogP contribution in [0.15, 0.2) is 24.3 Å². The number of nitrogens with zero attached hydrogens (tertiary/aromatic N) is 2. The summed E-state index contributed by atoms with van der Waals surface area (Å²) in [5.41, 5.74) is 12.1. The van der Waals surface area contributed by atoms with Crippen LogP contribution in [0.4, 0.5) is 5.69 Å². The normalized spacial score (nSPS) is 16.7. The molecule has 0 aromatic heterocycles. The first kappa shape index (κ1) is 14.3. The number of carbonyl (C=O) groups is 2. The third kappa shape index (κ3) is 3.71. The molecule has 1 aromatic rings. The summed E-state index contributed by atoms with van der Waals surface area (Å²) in [5, 5.41) is 0. The van der Waals surface area contributed by atoms with Gasteiger partial charge < -0.3 is 16.4 Å². The van der Waals surface area contributed by atoms with Crippen LogP contribution in [0.3, 0.4) is 0 Å². The van der Waals surface area contributed by atoms with Crippen molar-refractivity contribution in [1.82, 2.24) is 9.80 Å². The van der Waals surface area contributed by atoms with Gasteiger partial charge in [-0.05, 0) is 24.6 Å². The van der Waals surface area contributed by atoms with Crippen molar-refractivity contribution in [3.8, 4) is 0 Å². The van der Waals surface area contributed by atoms with Crippen LogP contribution in [0.1, 0.15) is 16.8 Å². The molecular weight excluding hydrogens is 256 g/mol. The molecule has 1 saturated heterocycles. The average Bonchev–Trinajstić information content (AvgIpc) is 2.63. The number of benzene rings is 1. The minimum absolute atomic E-state index is 0.0155. The standard InChI is InChI=1S/C14H20N4O2/c15-12-4-1-3-11(9-12)14(20)18-6-2-5-17(7-8-18)10-13(16)19/h1,3-4,9H,2,5-8,10,15H2,(H2,16,19). The van der Waals surface area contributed by atoms with Gasteiger partial charge in [0.15, 0.2) is 0 Å². The van der Waals surface area contributed by atoms with Crippen LogP contribution in [-0.2, 0) is 4.79 Å². The quantitative estimate of drug-likeness (QED) is 0.754. The van der Waals surface area contributed by atoms with E-state index in [1.165, 1.54) is 0 Å². The van der Waals surface area contributed by atoms with E-state index < -0.39 is 0 Å². The third-order valence-corrected chi connectivity index (χ3v) is 3.39. The van der Waals surface area contributed by atoms with Crippen molar-refractivity contribution in [1.29, 1.82) is 0 Å². The Morgan fingerprint density at radius 3 is 2.65 bits per heavy atom. The number of hydrogen-bond donors (Lipinski definition) is 2. The second kappa shape index (κ2) is 6.38. The Hall–Kier alpha value is -2.08. The Morgan fingerprint density at radius 2 is 1.95 bits per heavy atom. The van der Waals surface area contributed by atoms with E-state index in [1.54, 1.807) is 29.2 Å². The fraction of sp³-hybridized carbons (Fsp3) is 0.429. The van der Waals surface area contributed by atoms with Crippen LogP contribution >= 0.6 is 0 Å². The topological polar surface area (TPSA) is 92.7 Å². The van der Waals surface area contributed by atoms with Gasteiger partial charge in [0.2, 0.25) is 5.91 Å². The first-order valence-corrected chi connectivity index (χ1v) is 6.72. The van der Waals surface area contributed by atoms with Crippen LogP contribution < -0.4 is 11.5 Å². The molecule has 4 N–H and O–H groups in total. The fourth-order valence-corrected chi connectivity index (χ4v) is 2.41. The van der Waals surface area contributed by atoms with E-state index in [1.807, 2.05) is 4.90 Å². The maximum absolute atomic E-state index is 12.4.